The van der Waals surface area contributed by atoms with Crippen molar-refractivity contribution in [3.8, 4) is 0 Å². The van der Waals surface area contributed by atoms with Crippen LogP contribution in [-0.2, 0) is 9.47 Å². The van der Waals surface area contributed by atoms with Gasteiger partial charge in [-0.25, -0.2) is 0 Å². The van der Waals surface area contributed by atoms with Crippen molar-refractivity contribution < 1.29 is 9.47 Å². The van der Waals surface area contributed by atoms with E-state index in [-0.39, 0.29) is 5.60 Å². The second-order valence-corrected chi connectivity index (χ2v) is 5.66. The second-order valence-electron chi connectivity index (χ2n) is 5.66. The maximum atomic E-state index is 5.82. The molecule has 0 aliphatic carbocycles. The van der Waals surface area contributed by atoms with Gasteiger partial charge in [0, 0.05) is 39.4 Å². The third-order valence-corrected chi connectivity index (χ3v) is 4.04. The third-order valence-electron chi connectivity index (χ3n) is 4.04. The first-order valence-corrected chi connectivity index (χ1v) is 7.09. The normalized spacial score (nSPS) is 24.8. The molecule has 4 nitrogen and oxygen atoms in total. The monoisotopic (exact) mass is 258 g/mol. The molecule has 108 valence electrons. The highest BCUT2D eigenvalue weighted by Gasteiger charge is 2.30. The van der Waals surface area contributed by atoms with Crippen LogP contribution in [0.1, 0.15) is 33.6 Å². The third kappa shape index (κ3) is 4.50. The SMILES string of the molecule is CCC1CN(CC(NC)C(C)(C)OC)CCCO1. The minimum atomic E-state index is -0.149. The summed E-state index contributed by atoms with van der Waals surface area (Å²) in [6.07, 6.45) is 2.60. The van der Waals surface area contributed by atoms with Crippen molar-refractivity contribution in [1.82, 2.24) is 10.2 Å². The van der Waals surface area contributed by atoms with Gasteiger partial charge in [-0.3, -0.25) is 4.90 Å². The Kier molecular flexibility index (Phi) is 6.57. The van der Waals surface area contributed by atoms with Crippen molar-refractivity contribution in [3.63, 3.8) is 0 Å². The summed E-state index contributed by atoms with van der Waals surface area (Å²) >= 11 is 0. The lowest BCUT2D eigenvalue weighted by Gasteiger charge is -2.36. The first kappa shape index (κ1) is 15.9. The molecule has 0 aromatic carbocycles. The van der Waals surface area contributed by atoms with Crippen LogP contribution in [0.15, 0.2) is 0 Å². The van der Waals surface area contributed by atoms with Gasteiger partial charge in [0.1, 0.15) is 0 Å². The zero-order chi connectivity index (χ0) is 13.6. The van der Waals surface area contributed by atoms with Gasteiger partial charge >= 0.3 is 0 Å². The molecule has 1 saturated heterocycles. The molecule has 0 spiro atoms. The highest BCUT2D eigenvalue weighted by molar-refractivity contribution is 4.88. The number of nitrogens with zero attached hydrogens (tertiary/aromatic N) is 1. The van der Waals surface area contributed by atoms with Gasteiger partial charge < -0.3 is 14.8 Å². The molecule has 0 aromatic heterocycles. The zero-order valence-corrected chi connectivity index (χ0v) is 12.7. The second kappa shape index (κ2) is 7.43. The highest BCUT2D eigenvalue weighted by atomic mass is 16.5. The minimum Gasteiger partial charge on any atom is -0.377 e. The fourth-order valence-corrected chi connectivity index (χ4v) is 2.44. The summed E-state index contributed by atoms with van der Waals surface area (Å²) in [4.78, 5) is 2.50. The standard InChI is InChI=1S/C14H30N2O2/c1-6-12-10-16(8-7-9-18-12)11-13(15-4)14(2,3)17-5/h12-13,15H,6-11H2,1-5H3. The molecule has 1 fully saturated rings. The number of hydrogen-bond donors (Lipinski definition) is 1. The number of methoxy groups -OCH3 is 1. The lowest BCUT2D eigenvalue weighted by molar-refractivity contribution is -0.0205. The summed E-state index contributed by atoms with van der Waals surface area (Å²) in [7, 11) is 3.79. The van der Waals surface area contributed by atoms with Crippen LogP contribution in [0.25, 0.3) is 0 Å². The molecule has 1 aliphatic heterocycles. The lowest BCUT2D eigenvalue weighted by atomic mass is 9.98. The van der Waals surface area contributed by atoms with Crippen molar-refractivity contribution in [2.24, 2.45) is 0 Å². The van der Waals surface area contributed by atoms with Crippen molar-refractivity contribution in [3.05, 3.63) is 0 Å². The van der Waals surface area contributed by atoms with Crippen LogP contribution in [-0.4, -0.2) is 63.0 Å². The van der Waals surface area contributed by atoms with E-state index in [4.69, 9.17) is 9.47 Å². The van der Waals surface area contributed by atoms with Crippen molar-refractivity contribution in [2.45, 2.75) is 51.4 Å². The van der Waals surface area contributed by atoms with E-state index in [1.54, 1.807) is 7.11 Å². The van der Waals surface area contributed by atoms with Gasteiger partial charge in [0.25, 0.3) is 0 Å². The summed E-state index contributed by atoms with van der Waals surface area (Å²) in [5.41, 5.74) is -0.149. The predicted octanol–water partition coefficient (Wildman–Crippen LogP) is 1.50. The molecule has 1 aliphatic rings. The number of rotatable bonds is 6. The fourth-order valence-electron chi connectivity index (χ4n) is 2.44. The molecule has 0 aromatic rings. The van der Waals surface area contributed by atoms with Crippen molar-refractivity contribution in [1.29, 1.82) is 0 Å². The summed E-state index contributed by atoms with van der Waals surface area (Å²) in [5, 5.41) is 3.39. The Hall–Kier alpha value is -0.160. The van der Waals surface area contributed by atoms with Crippen molar-refractivity contribution in [2.75, 3.05) is 40.4 Å². The molecule has 0 amide bonds. The molecule has 0 radical (unpaired) electrons. The molecule has 1 rings (SSSR count). The Labute approximate surface area is 112 Å². The summed E-state index contributed by atoms with van der Waals surface area (Å²) in [6.45, 7) is 10.5. The smallest absolute Gasteiger partial charge is 0.0787 e. The van der Waals surface area contributed by atoms with Crippen LogP contribution >= 0.6 is 0 Å². The Bertz CT molecular complexity index is 234. The van der Waals surface area contributed by atoms with E-state index >= 15 is 0 Å². The summed E-state index contributed by atoms with van der Waals surface area (Å²) in [5.74, 6) is 0. The molecule has 18 heavy (non-hydrogen) atoms. The Morgan fingerprint density at radius 1 is 1.50 bits per heavy atom. The van der Waals surface area contributed by atoms with Gasteiger partial charge in [-0.2, -0.15) is 0 Å². The molecule has 1 N–H and O–H groups in total. The quantitative estimate of drug-likeness (QED) is 0.783. The number of ether oxygens (including phenoxy) is 2. The maximum Gasteiger partial charge on any atom is 0.0787 e. The Balaban J connectivity index is 2.57. The first-order valence-electron chi connectivity index (χ1n) is 7.09. The topological polar surface area (TPSA) is 33.7 Å². The van der Waals surface area contributed by atoms with Crippen molar-refractivity contribution >= 4 is 0 Å². The van der Waals surface area contributed by atoms with Crippen LogP contribution < -0.4 is 5.32 Å². The summed E-state index contributed by atoms with van der Waals surface area (Å²) in [6, 6.07) is 0.332. The number of likely N-dealkylation sites (N-methyl/N-ethyl adjacent to an activating group) is 1. The van der Waals surface area contributed by atoms with Gasteiger partial charge in [0.2, 0.25) is 0 Å². The van der Waals surface area contributed by atoms with Gasteiger partial charge in [-0.05, 0) is 33.7 Å². The molecule has 1 heterocycles. The fraction of sp³-hybridized carbons (Fsp3) is 1.00. The highest BCUT2D eigenvalue weighted by Crippen LogP contribution is 2.17. The molecule has 2 atom stereocenters. The molecular formula is C14H30N2O2. The number of nitrogens with one attached hydrogen (secondary N) is 1. The first-order chi connectivity index (χ1) is 8.53. The Morgan fingerprint density at radius 3 is 2.78 bits per heavy atom. The average molecular weight is 258 g/mol. The van der Waals surface area contributed by atoms with Gasteiger partial charge in [0.15, 0.2) is 0 Å². The molecular weight excluding hydrogens is 228 g/mol. The zero-order valence-electron chi connectivity index (χ0n) is 12.7. The largest absolute Gasteiger partial charge is 0.377 e. The summed E-state index contributed by atoms with van der Waals surface area (Å²) < 4.78 is 11.4. The van der Waals surface area contributed by atoms with Gasteiger partial charge in [-0.1, -0.05) is 6.92 Å². The molecule has 0 bridgehead atoms. The Morgan fingerprint density at radius 2 is 2.22 bits per heavy atom. The van der Waals surface area contributed by atoms with E-state index in [1.165, 1.54) is 0 Å². The van der Waals surface area contributed by atoms with E-state index in [0.29, 0.717) is 12.1 Å². The van der Waals surface area contributed by atoms with E-state index in [1.807, 2.05) is 7.05 Å². The van der Waals surface area contributed by atoms with Gasteiger partial charge in [0.05, 0.1) is 11.7 Å². The number of hydrogen-bond acceptors (Lipinski definition) is 4. The van der Waals surface area contributed by atoms with Crippen LogP contribution in [0.4, 0.5) is 0 Å². The van der Waals surface area contributed by atoms with Crippen LogP contribution in [0.5, 0.6) is 0 Å². The molecule has 4 heteroatoms. The molecule has 2 unspecified atom stereocenters. The van der Waals surface area contributed by atoms with E-state index in [0.717, 1.165) is 39.1 Å². The predicted molar refractivity (Wildman–Crippen MR) is 75.0 cm³/mol. The van der Waals surface area contributed by atoms with E-state index in [9.17, 15) is 0 Å². The van der Waals surface area contributed by atoms with E-state index in [2.05, 4.69) is 31.0 Å². The van der Waals surface area contributed by atoms with Gasteiger partial charge in [-0.15, -0.1) is 0 Å². The average Bonchev–Trinajstić information content (AvgIpc) is 2.60. The minimum absolute atomic E-state index is 0.149. The lowest BCUT2D eigenvalue weighted by Crippen LogP contribution is -2.53. The van der Waals surface area contributed by atoms with E-state index < -0.39 is 0 Å². The van der Waals surface area contributed by atoms with Crippen LogP contribution in [0, 0.1) is 0 Å². The van der Waals surface area contributed by atoms with Crippen LogP contribution in [0.3, 0.4) is 0 Å². The maximum absolute atomic E-state index is 5.82. The van der Waals surface area contributed by atoms with Crippen LogP contribution in [0.2, 0.25) is 0 Å². The molecule has 0 saturated carbocycles.